The molecule has 4 nitrogen and oxygen atoms in total. The average Bonchev–Trinajstić information content (AvgIpc) is 2.85. The number of nitrogens with one attached hydrogen (secondary N) is 2. The second-order valence-electron chi connectivity index (χ2n) is 5.38. The van der Waals surface area contributed by atoms with Gasteiger partial charge in [-0.1, -0.05) is 6.07 Å². The van der Waals surface area contributed by atoms with E-state index in [0.717, 1.165) is 0 Å². The smallest absolute Gasteiger partial charge is 0.258 e. The third-order valence-electron chi connectivity index (χ3n) is 3.74. The van der Waals surface area contributed by atoms with Gasteiger partial charge in [0.2, 0.25) is 0 Å². The Bertz CT molecular complexity index is 911. The van der Waals surface area contributed by atoms with Crippen molar-refractivity contribution in [3.63, 3.8) is 0 Å². The Labute approximate surface area is 132 Å². The predicted octanol–water partition coefficient (Wildman–Crippen LogP) is 4.07. The van der Waals surface area contributed by atoms with Crippen molar-refractivity contribution in [2.45, 2.75) is 13.8 Å². The monoisotopic (exact) mass is 310 g/mol. The summed E-state index contributed by atoms with van der Waals surface area (Å²) < 4.78 is 14.1. The summed E-state index contributed by atoms with van der Waals surface area (Å²) in [6, 6.07) is 11.2. The molecule has 0 radical (unpaired) electrons. The fourth-order valence-corrected chi connectivity index (χ4v) is 2.60. The number of amides is 1. The zero-order chi connectivity index (χ0) is 16.6. The first-order valence-electron chi connectivity index (χ1n) is 7.16. The van der Waals surface area contributed by atoms with Crippen molar-refractivity contribution in [1.29, 1.82) is 0 Å². The summed E-state index contributed by atoms with van der Waals surface area (Å²) in [6.45, 7) is 3.21. The third-order valence-corrected chi connectivity index (χ3v) is 3.74. The number of hydrogen-bond donors (Lipinski definition) is 2. The van der Waals surface area contributed by atoms with Gasteiger partial charge in [-0.25, -0.2) is 4.39 Å². The Morgan fingerprint density at radius 3 is 2.43 bits per heavy atom. The SMILES string of the molecule is CC(=O)c1ccc(NC(=O)c2c(C)[nH]c3cccc(F)c23)cc1. The van der Waals surface area contributed by atoms with E-state index in [9.17, 15) is 14.0 Å². The van der Waals surface area contributed by atoms with Crippen LogP contribution in [0.3, 0.4) is 0 Å². The van der Waals surface area contributed by atoms with Gasteiger partial charge in [0.05, 0.1) is 5.56 Å². The van der Waals surface area contributed by atoms with E-state index in [1.165, 1.54) is 13.0 Å². The molecule has 2 aromatic carbocycles. The van der Waals surface area contributed by atoms with Crippen LogP contribution in [-0.2, 0) is 0 Å². The number of aryl methyl sites for hydroxylation is 1. The third kappa shape index (κ3) is 2.73. The zero-order valence-electron chi connectivity index (χ0n) is 12.7. The minimum Gasteiger partial charge on any atom is -0.358 e. The maximum atomic E-state index is 14.1. The molecule has 116 valence electrons. The van der Waals surface area contributed by atoms with Gasteiger partial charge in [-0.15, -0.1) is 0 Å². The van der Waals surface area contributed by atoms with Crippen LogP contribution in [0.4, 0.5) is 10.1 Å². The normalized spacial score (nSPS) is 10.7. The molecular weight excluding hydrogens is 295 g/mol. The average molecular weight is 310 g/mol. The van der Waals surface area contributed by atoms with Crippen LogP contribution >= 0.6 is 0 Å². The second kappa shape index (κ2) is 5.68. The van der Waals surface area contributed by atoms with E-state index in [1.807, 2.05) is 0 Å². The molecule has 0 saturated heterocycles. The summed E-state index contributed by atoms with van der Waals surface area (Å²) >= 11 is 0. The number of hydrogen-bond acceptors (Lipinski definition) is 2. The van der Waals surface area contributed by atoms with Crippen molar-refractivity contribution >= 4 is 28.3 Å². The van der Waals surface area contributed by atoms with Crippen molar-refractivity contribution in [1.82, 2.24) is 4.98 Å². The summed E-state index contributed by atoms with van der Waals surface area (Å²) in [7, 11) is 0. The maximum absolute atomic E-state index is 14.1. The minimum atomic E-state index is -0.441. The van der Waals surface area contributed by atoms with Crippen molar-refractivity contribution in [2.24, 2.45) is 0 Å². The van der Waals surface area contributed by atoms with Crippen molar-refractivity contribution < 1.29 is 14.0 Å². The molecule has 0 aliphatic rings. The number of H-pyrrole nitrogens is 1. The molecule has 0 aliphatic carbocycles. The number of rotatable bonds is 3. The molecule has 1 heterocycles. The molecule has 0 aliphatic heterocycles. The highest BCUT2D eigenvalue weighted by Gasteiger charge is 2.19. The maximum Gasteiger partial charge on any atom is 0.258 e. The highest BCUT2D eigenvalue weighted by molar-refractivity contribution is 6.14. The second-order valence-corrected chi connectivity index (χ2v) is 5.38. The number of carbonyl (C=O) groups excluding carboxylic acids is 2. The zero-order valence-corrected chi connectivity index (χ0v) is 12.7. The standard InChI is InChI=1S/C18H15FN2O2/c1-10-16(17-14(19)4-3-5-15(17)20-10)18(23)21-13-8-6-12(7-9-13)11(2)22/h3-9,20H,1-2H3,(H,21,23). The molecule has 0 saturated carbocycles. The number of aromatic amines is 1. The van der Waals surface area contributed by atoms with Crippen molar-refractivity contribution in [3.8, 4) is 0 Å². The molecule has 3 aromatic rings. The number of anilines is 1. The van der Waals surface area contributed by atoms with Gasteiger partial charge in [0.15, 0.2) is 5.78 Å². The Morgan fingerprint density at radius 1 is 1.09 bits per heavy atom. The van der Waals surface area contributed by atoms with Crippen LogP contribution in [0.1, 0.15) is 33.3 Å². The lowest BCUT2D eigenvalue weighted by Gasteiger charge is -2.06. The first kappa shape index (κ1) is 15.0. The van der Waals surface area contributed by atoms with E-state index >= 15 is 0 Å². The molecule has 1 amide bonds. The van der Waals surface area contributed by atoms with E-state index in [0.29, 0.717) is 22.5 Å². The molecule has 0 spiro atoms. The predicted molar refractivity (Wildman–Crippen MR) is 87.4 cm³/mol. The lowest BCUT2D eigenvalue weighted by atomic mass is 10.1. The van der Waals surface area contributed by atoms with Crippen LogP contribution < -0.4 is 5.32 Å². The van der Waals surface area contributed by atoms with Gasteiger partial charge in [-0.3, -0.25) is 9.59 Å². The first-order chi connectivity index (χ1) is 11.0. The summed E-state index contributed by atoms with van der Waals surface area (Å²) in [5, 5.41) is 3.01. The Morgan fingerprint density at radius 2 is 1.78 bits per heavy atom. The number of aromatic nitrogens is 1. The molecule has 0 fully saturated rings. The quantitative estimate of drug-likeness (QED) is 0.716. The summed E-state index contributed by atoms with van der Waals surface area (Å²) in [5.41, 5.74) is 2.58. The first-order valence-corrected chi connectivity index (χ1v) is 7.16. The van der Waals surface area contributed by atoms with Crippen LogP contribution in [-0.4, -0.2) is 16.7 Å². The molecule has 0 unspecified atom stereocenters. The largest absolute Gasteiger partial charge is 0.358 e. The molecule has 0 atom stereocenters. The van der Waals surface area contributed by atoms with Gasteiger partial charge in [0, 0.05) is 27.8 Å². The van der Waals surface area contributed by atoms with E-state index in [-0.39, 0.29) is 16.7 Å². The summed E-state index contributed by atoms with van der Waals surface area (Å²) in [5.74, 6) is -0.879. The number of benzene rings is 2. The van der Waals surface area contributed by atoms with Gasteiger partial charge in [-0.2, -0.15) is 0 Å². The van der Waals surface area contributed by atoms with Gasteiger partial charge in [-0.05, 0) is 50.2 Å². The minimum absolute atomic E-state index is 0.0441. The summed E-state index contributed by atoms with van der Waals surface area (Å²) in [6.07, 6.45) is 0. The van der Waals surface area contributed by atoms with Crippen molar-refractivity contribution in [2.75, 3.05) is 5.32 Å². The van der Waals surface area contributed by atoms with E-state index < -0.39 is 11.7 Å². The summed E-state index contributed by atoms with van der Waals surface area (Å²) in [4.78, 5) is 26.8. The highest BCUT2D eigenvalue weighted by Crippen LogP contribution is 2.25. The molecule has 3 rings (SSSR count). The van der Waals surface area contributed by atoms with E-state index in [1.54, 1.807) is 43.3 Å². The van der Waals surface area contributed by atoms with Gasteiger partial charge in [0.1, 0.15) is 5.82 Å². The van der Waals surface area contributed by atoms with Gasteiger partial charge in [0.25, 0.3) is 5.91 Å². The topological polar surface area (TPSA) is 62.0 Å². The Hall–Kier alpha value is -2.95. The van der Waals surface area contributed by atoms with Crippen LogP contribution in [0.15, 0.2) is 42.5 Å². The van der Waals surface area contributed by atoms with Gasteiger partial charge < -0.3 is 10.3 Å². The lowest BCUT2D eigenvalue weighted by Crippen LogP contribution is -2.13. The number of fused-ring (bicyclic) bond motifs is 1. The van der Waals surface area contributed by atoms with Crippen LogP contribution in [0.5, 0.6) is 0 Å². The molecule has 5 heteroatoms. The van der Waals surface area contributed by atoms with E-state index in [4.69, 9.17) is 0 Å². The number of Topliss-reactive ketones (excluding diaryl/α,β-unsaturated/α-hetero) is 1. The number of ketones is 1. The van der Waals surface area contributed by atoms with E-state index in [2.05, 4.69) is 10.3 Å². The Kier molecular flexibility index (Phi) is 3.70. The van der Waals surface area contributed by atoms with Crippen molar-refractivity contribution in [3.05, 3.63) is 65.1 Å². The molecule has 2 N–H and O–H groups in total. The number of carbonyl (C=O) groups is 2. The van der Waals surface area contributed by atoms with Gasteiger partial charge >= 0.3 is 0 Å². The lowest BCUT2D eigenvalue weighted by molar-refractivity contribution is 0.101. The molecular formula is C18H15FN2O2. The Balaban J connectivity index is 1.95. The van der Waals surface area contributed by atoms with Crippen LogP contribution in [0, 0.1) is 12.7 Å². The highest BCUT2D eigenvalue weighted by atomic mass is 19.1. The number of halogens is 1. The fraction of sp³-hybridized carbons (Fsp3) is 0.111. The molecule has 1 aromatic heterocycles. The molecule has 23 heavy (non-hydrogen) atoms. The fourth-order valence-electron chi connectivity index (χ4n) is 2.60. The molecule has 0 bridgehead atoms. The van der Waals surface area contributed by atoms with Crippen LogP contribution in [0.2, 0.25) is 0 Å². The van der Waals surface area contributed by atoms with Crippen LogP contribution in [0.25, 0.3) is 10.9 Å².